The predicted molar refractivity (Wildman–Crippen MR) is 113 cm³/mol. The smallest absolute Gasteiger partial charge is 0.0256 e. The third-order valence-corrected chi connectivity index (χ3v) is 11.1. The number of hydrogen-bond donors (Lipinski definition) is 0. The molecule has 0 amide bonds. The van der Waals surface area contributed by atoms with Crippen LogP contribution in [0.2, 0.25) is 0 Å². The van der Waals surface area contributed by atoms with E-state index < -0.39 is 0 Å². The zero-order valence-electron chi connectivity index (χ0n) is 19.0. The Balaban J connectivity index is 1.75. The molecule has 0 aromatic rings. The van der Waals surface area contributed by atoms with Crippen molar-refractivity contribution in [1.82, 2.24) is 0 Å². The summed E-state index contributed by atoms with van der Waals surface area (Å²) in [6, 6.07) is 0. The van der Waals surface area contributed by atoms with Crippen LogP contribution in [0.25, 0.3) is 0 Å². The summed E-state index contributed by atoms with van der Waals surface area (Å²) in [5, 5.41) is 0. The van der Waals surface area contributed by atoms with Gasteiger partial charge in [0.25, 0.3) is 0 Å². The van der Waals surface area contributed by atoms with Crippen molar-refractivity contribution in [2.75, 3.05) is 0 Å². The average molecular weight is 359 g/mol. The molecule has 4 aliphatic rings. The van der Waals surface area contributed by atoms with Crippen LogP contribution in [0.15, 0.2) is 0 Å². The van der Waals surface area contributed by atoms with E-state index >= 15 is 0 Å². The molecule has 12 unspecified atom stereocenters. The minimum atomic E-state index is 0.604. The fourth-order valence-corrected chi connectivity index (χ4v) is 9.44. The number of hydrogen-bond acceptors (Lipinski definition) is 0. The van der Waals surface area contributed by atoms with E-state index in [2.05, 4.69) is 55.4 Å². The van der Waals surface area contributed by atoms with Gasteiger partial charge in [0.1, 0.15) is 0 Å². The Bertz CT molecular complexity index is 536. The summed E-state index contributed by atoms with van der Waals surface area (Å²) in [4.78, 5) is 0. The Morgan fingerprint density at radius 1 is 0.654 bits per heavy atom. The maximum absolute atomic E-state index is 2.74. The van der Waals surface area contributed by atoms with E-state index in [0.717, 1.165) is 59.2 Å². The lowest BCUT2D eigenvalue weighted by molar-refractivity contribution is -0.0142. The van der Waals surface area contributed by atoms with E-state index in [1.165, 1.54) is 38.5 Å². The summed E-state index contributed by atoms with van der Waals surface area (Å²) in [5.74, 6) is 9.52. The Hall–Kier alpha value is 0. The molecule has 0 aliphatic heterocycles. The first-order valence-corrected chi connectivity index (χ1v) is 12.1. The molecule has 0 saturated heterocycles. The van der Waals surface area contributed by atoms with Gasteiger partial charge in [0.15, 0.2) is 0 Å². The summed E-state index contributed by atoms with van der Waals surface area (Å²) in [6.45, 7) is 21.0. The lowest BCUT2D eigenvalue weighted by Crippen LogP contribution is -2.43. The molecule has 0 bridgehead atoms. The molecular formula is C26H46. The Morgan fingerprint density at radius 2 is 1.35 bits per heavy atom. The Kier molecular flexibility index (Phi) is 4.64. The fraction of sp³-hybridized carbons (Fsp3) is 1.00. The standard InChI is InChI=1S/C26H46/c1-15-11-16(2)21-10-9-18(4)25(7)14-23(25)26(8)13-17(3)19(5)24(26)20(6)22(21)12-15/h15-24H,9-14H2,1-8H3. The highest BCUT2D eigenvalue weighted by atomic mass is 14.7. The van der Waals surface area contributed by atoms with Crippen molar-refractivity contribution in [3.63, 3.8) is 0 Å². The highest BCUT2D eigenvalue weighted by molar-refractivity contribution is 5.15. The van der Waals surface area contributed by atoms with Gasteiger partial charge in [-0.25, -0.2) is 0 Å². The third-order valence-electron chi connectivity index (χ3n) is 11.1. The van der Waals surface area contributed by atoms with E-state index in [0.29, 0.717) is 10.8 Å². The van der Waals surface area contributed by atoms with Gasteiger partial charge >= 0.3 is 0 Å². The SMILES string of the molecule is CC1CC(C)C2CCC(C)C3(C)CC3C3(C)CC(C)C(C)C3C(C)C2C1. The molecular weight excluding hydrogens is 312 g/mol. The molecule has 0 N–H and O–H groups in total. The van der Waals surface area contributed by atoms with Gasteiger partial charge in [-0.1, -0.05) is 55.4 Å². The third kappa shape index (κ3) is 2.67. The summed E-state index contributed by atoms with van der Waals surface area (Å²) in [7, 11) is 0. The molecule has 4 rings (SSSR count). The van der Waals surface area contributed by atoms with Crippen LogP contribution in [0.1, 0.15) is 93.9 Å². The van der Waals surface area contributed by atoms with Crippen LogP contribution in [-0.4, -0.2) is 0 Å². The largest absolute Gasteiger partial charge is 0.0625 e. The molecule has 0 heterocycles. The van der Waals surface area contributed by atoms with Crippen LogP contribution < -0.4 is 0 Å². The molecule has 0 heteroatoms. The van der Waals surface area contributed by atoms with Gasteiger partial charge in [-0.15, -0.1) is 0 Å². The van der Waals surface area contributed by atoms with Gasteiger partial charge in [0, 0.05) is 0 Å². The minimum Gasteiger partial charge on any atom is -0.0625 e. The van der Waals surface area contributed by atoms with Gasteiger partial charge in [-0.2, -0.15) is 0 Å². The quantitative estimate of drug-likeness (QED) is 0.416. The van der Waals surface area contributed by atoms with Crippen LogP contribution in [0.5, 0.6) is 0 Å². The molecule has 0 radical (unpaired) electrons. The van der Waals surface area contributed by atoms with Gasteiger partial charge in [0.05, 0.1) is 0 Å². The molecule has 0 spiro atoms. The number of rotatable bonds is 0. The monoisotopic (exact) mass is 358 g/mol. The minimum absolute atomic E-state index is 0.604. The lowest BCUT2D eigenvalue weighted by atomic mass is 9.55. The van der Waals surface area contributed by atoms with E-state index in [1.807, 2.05) is 0 Å². The predicted octanol–water partition coefficient (Wildman–Crippen LogP) is 7.68. The molecule has 12 atom stereocenters. The Morgan fingerprint density at radius 3 is 2.04 bits per heavy atom. The lowest BCUT2D eigenvalue weighted by Gasteiger charge is -2.50. The van der Waals surface area contributed by atoms with Crippen molar-refractivity contribution < 1.29 is 0 Å². The molecule has 4 aliphatic carbocycles. The maximum atomic E-state index is 2.74. The summed E-state index contributed by atoms with van der Waals surface area (Å²) in [6.07, 6.45) is 9.02. The molecule has 4 fully saturated rings. The van der Waals surface area contributed by atoms with Crippen LogP contribution in [0.4, 0.5) is 0 Å². The van der Waals surface area contributed by atoms with Crippen molar-refractivity contribution in [3.8, 4) is 0 Å². The van der Waals surface area contributed by atoms with Gasteiger partial charge in [-0.3, -0.25) is 0 Å². The molecule has 0 aromatic carbocycles. The van der Waals surface area contributed by atoms with Gasteiger partial charge in [0.2, 0.25) is 0 Å². The van der Waals surface area contributed by atoms with E-state index in [1.54, 1.807) is 0 Å². The second kappa shape index (κ2) is 6.25. The summed E-state index contributed by atoms with van der Waals surface area (Å²) < 4.78 is 0. The van der Waals surface area contributed by atoms with Crippen LogP contribution in [-0.2, 0) is 0 Å². The highest BCUT2D eigenvalue weighted by Gasteiger charge is 2.67. The zero-order chi connectivity index (χ0) is 19.0. The second-order valence-electron chi connectivity index (χ2n) is 12.6. The normalized spacial score (nSPS) is 62.8. The first kappa shape index (κ1) is 19.3. The fourth-order valence-electron chi connectivity index (χ4n) is 9.44. The number of fused-ring (bicyclic) bond motifs is 4. The summed E-state index contributed by atoms with van der Waals surface area (Å²) in [5.41, 5.74) is 1.25. The molecule has 26 heavy (non-hydrogen) atoms. The highest BCUT2D eigenvalue weighted by Crippen LogP contribution is 2.74. The van der Waals surface area contributed by atoms with Crippen molar-refractivity contribution in [3.05, 3.63) is 0 Å². The summed E-state index contributed by atoms with van der Waals surface area (Å²) >= 11 is 0. The van der Waals surface area contributed by atoms with Crippen molar-refractivity contribution in [2.24, 2.45) is 70.0 Å². The molecule has 0 aromatic heterocycles. The molecule has 150 valence electrons. The van der Waals surface area contributed by atoms with Crippen molar-refractivity contribution in [2.45, 2.75) is 93.9 Å². The maximum Gasteiger partial charge on any atom is -0.0256 e. The van der Waals surface area contributed by atoms with Crippen LogP contribution >= 0.6 is 0 Å². The van der Waals surface area contributed by atoms with E-state index in [9.17, 15) is 0 Å². The van der Waals surface area contributed by atoms with Crippen molar-refractivity contribution in [1.29, 1.82) is 0 Å². The average Bonchev–Trinajstić information content (AvgIpc) is 3.20. The zero-order valence-corrected chi connectivity index (χ0v) is 19.0. The topological polar surface area (TPSA) is 0 Å². The first-order chi connectivity index (χ1) is 12.1. The Labute approximate surface area is 164 Å². The molecule has 0 nitrogen and oxygen atoms in total. The van der Waals surface area contributed by atoms with E-state index in [-0.39, 0.29) is 0 Å². The van der Waals surface area contributed by atoms with Crippen LogP contribution in [0, 0.1) is 70.0 Å². The van der Waals surface area contributed by atoms with Gasteiger partial charge in [-0.05, 0) is 109 Å². The van der Waals surface area contributed by atoms with Gasteiger partial charge < -0.3 is 0 Å². The van der Waals surface area contributed by atoms with Crippen LogP contribution in [0.3, 0.4) is 0 Å². The first-order valence-electron chi connectivity index (χ1n) is 12.1. The molecule has 4 saturated carbocycles. The van der Waals surface area contributed by atoms with Crippen molar-refractivity contribution >= 4 is 0 Å². The second-order valence-corrected chi connectivity index (χ2v) is 12.6. The van der Waals surface area contributed by atoms with E-state index in [4.69, 9.17) is 0 Å².